The van der Waals surface area contributed by atoms with E-state index >= 15 is 0 Å². The van der Waals surface area contributed by atoms with Gasteiger partial charge in [-0.15, -0.1) is 11.8 Å². The third-order valence-electron chi connectivity index (χ3n) is 3.88. The number of carboxylic acids is 1. The number of thioether (sulfide) groups is 1. The molecule has 4 nitrogen and oxygen atoms in total. The van der Waals surface area contributed by atoms with E-state index in [1.54, 1.807) is 4.90 Å². The standard InChI is InChI=1S/C15H19NO3S/c1-2-15(14(18)19)9-6-10-16(15)13(17)11-20-12-7-4-3-5-8-12/h3-5,7-8H,2,6,9-11H2,1H3,(H,18,19). The zero-order valence-electron chi connectivity index (χ0n) is 11.5. The Labute approximate surface area is 123 Å². The quantitative estimate of drug-likeness (QED) is 0.848. The Morgan fingerprint density at radius 2 is 2.05 bits per heavy atom. The minimum Gasteiger partial charge on any atom is -0.479 e. The molecule has 0 bridgehead atoms. The maximum Gasteiger partial charge on any atom is 0.329 e. The molecule has 0 saturated carbocycles. The van der Waals surface area contributed by atoms with Gasteiger partial charge in [0, 0.05) is 11.4 Å². The first-order valence-corrected chi connectivity index (χ1v) is 7.80. The molecule has 1 atom stereocenters. The Bertz CT molecular complexity index is 491. The fraction of sp³-hybridized carbons (Fsp3) is 0.467. The Kier molecular flexibility index (Phi) is 4.70. The van der Waals surface area contributed by atoms with Gasteiger partial charge in [0.15, 0.2) is 0 Å². The molecular formula is C15H19NO3S. The number of amides is 1. The number of aliphatic carboxylic acids is 1. The first kappa shape index (κ1) is 14.9. The summed E-state index contributed by atoms with van der Waals surface area (Å²) in [7, 11) is 0. The zero-order chi connectivity index (χ0) is 14.6. The lowest BCUT2D eigenvalue weighted by Gasteiger charge is -2.33. The van der Waals surface area contributed by atoms with E-state index in [1.165, 1.54) is 11.8 Å². The summed E-state index contributed by atoms with van der Waals surface area (Å²) in [5.74, 6) is -0.671. The molecule has 1 aromatic carbocycles. The highest BCUT2D eigenvalue weighted by Crippen LogP contribution is 2.33. The number of likely N-dealkylation sites (tertiary alicyclic amines) is 1. The predicted molar refractivity (Wildman–Crippen MR) is 78.8 cm³/mol. The van der Waals surface area contributed by atoms with Gasteiger partial charge < -0.3 is 10.0 Å². The number of carbonyl (C=O) groups excluding carboxylic acids is 1. The molecule has 1 aliphatic heterocycles. The number of hydrogen-bond acceptors (Lipinski definition) is 3. The number of benzene rings is 1. The van der Waals surface area contributed by atoms with Crippen LogP contribution in [0.15, 0.2) is 35.2 Å². The Hall–Kier alpha value is -1.49. The van der Waals surface area contributed by atoms with Gasteiger partial charge in [-0.1, -0.05) is 25.1 Å². The van der Waals surface area contributed by atoms with E-state index in [2.05, 4.69) is 0 Å². The van der Waals surface area contributed by atoms with Crippen molar-refractivity contribution >= 4 is 23.6 Å². The van der Waals surface area contributed by atoms with Gasteiger partial charge in [-0.05, 0) is 31.4 Å². The van der Waals surface area contributed by atoms with Crippen molar-refractivity contribution < 1.29 is 14.7 Å². The lowest BCUT2D eigenvalue weighted by molar-refractivity contribution is -0.155. The fourth-order valence-corrected chi connectivity index (χ4v) is 3.52. The molecule has 1 heterocycles. The first-order chi connectivity index (χ1) is 9.60. The summed E-state index contributed by atoms with van der Waals surface area (Å²) in [5.41, 5.74) is -0.992. The van der Waals surface area contributed by atoms with Crippen LogP contribution in [-0.2, 0) is 9.59 Å². The molecule has 1 aromatic rings. The van der Waals surface area contributed by atoms with Gasteiger partial charge in [-0.3, -0.25) is 4.79 Å². The van der Waals surface area contributed by atoms with Crippen LogP contribution in [-0.4, -0.2) is 39.7 Å². The third-order valence-corrected chi connectivity index (χ3v) is 4.88. The lowest BCUT2D eigenvalue weighted by atomic mass is 9.93. The molecular weight excluding hydrogens is 274 g/mol. The van der Waals surface area contributed by atoms with Gasteiger partial charge in [-0.2, -0.15) is 0 Å². The second-order valence-electron chi connectivity index (χ2n) is 4.94. The SMILES string of the molecule is CCC1(C(=O)O)CCCN1C(=O)CSc1ccccc1. The third kappa shape index (κ3) is 2.82. The minimum absolute atomic E-state index is 0.0828. The van der Waals surface area contributed by atoms with Gasteiger partial charge in [0.1, 0.15) is 5.54 Å². The van der Waals surface area contributed by atoms with Crippen molar-refractivity contribution in [2.75, 3.05) is 12.3 Å². The zero-order valence-corrected chi connectivity index (χ0v) is 12.4. The van der Waals surface area contributed by atoms with E-state index in [0.29, 0.717) is 25.1 Å². The topological polar surface area (TPSA) is 57.6 Å². The molecule has 0 spiro atoms. The highest BCUT2D eigenvalue weighted by molar-refractivity contribution is 8.00. The van der Waals surface area contributed by atoms with Crippen molar-refractivity contribution in [3.63, 3.8) is 0 Å². The number of carboxylic acid groups (broad SMARTS) is 1. The van der Waals surface area contributed by atoms with Gasteiger partial charge in [0.05, 0.1) is 5.75 Å². The van der Waals surface area contributed by atoms with E-state index in [9.17, 15) is 14.7 Å². The number of rotatable bonds is 5. The maximum absolute atomic E-state index is 12.3. The van der Waals surface area contributed by atoms with Crippen LogP contribution in [0.2, 0.25) is 0 Å². The van der Waals surface area contributed by atoms with Crippen LogP contribution in [0.1, 0.15) is 26.2 Å². The van der Waals surface area contributed by atoms with E-state index in [1.807, 2.05) is 37.3 Å². The van der Waals surface area contributed by atoms with Gasteiger partial charge >= 0.3 is 5.97 Å². The van der Waals surface area contributed by atoms with E-state index < -0.39 is 11.5 Å². The number of nitrogens with zero attached hydrogens (tertiary/aromatic N) is 1. The van der Waals surface area contributed by atoms with Crippen molar-refractivity contribution in [2.45, 2.75) is 36.6 Å². The second-order valence-corrected chi connectivity index (χ2v) is 5.99. The minimum atomic E-state index is -0.992. The van der Waals surface area contributed by atoms with Crippen LogP contribution < -0.4 is 0 Å². The molecule has 5 heteroatoms. The molecule has 20 heavy (non-hydrogen) atoms. The first-order valence-electron chi connectivity index (χ1n) is 6.82. The smallest absolute Gasteiger partial charge is 0.329 e. The van der Waals surface area contributed by atoms with Gasteiger partial charge in [0.2, 0.25) is 5.91 Å². The summed E-state index contributed by atoms with van der Waals surface area (Å²) in [5, 5.41) is 9.47. The van der Waals surface area contributed by atoms with Crippen molar-refractivity contribution in [1.82, 2.24) is 4.90 Å². The highest BCUT2D eigenvalue weighted by atomic mass is 32.2. The summed E-state index contributed by atoms with van der Waals surface area (Å²) in [6.07, 6.45) is 1.78. The van der Waals surface area contributed by atoms with Crippen LogP contribution in [0.4, 0.5) is 0 Å². The van der Waals surface area contributed by atoms with Crippen molar-refractivity contribution in [1.29, 1.82) is 0 Å². The Morgan fingerprint density at radius 3 is 2.65 bits per heavy atom. The average Bonchev–Trinajstić information content (AvgIpc) is 2.91. The molecule has 0 aliphatic carbocycles. The summed E-state index contributed by atoms with van der Waals surface area (Å²) in [4.78, 5) is 26.5. The van der Waals surface area contributed by atoms with Crippen molar-refractivity contribution in [3.8, 4) is 0 Å². The van der Waals surface area contributed by atoms with Crippen molar-refractivity contribution in [3.05, 3.63) is 30.3 Å². The molecule has 1 N–H and O–H groups in total. The van der Waals surface area contributed by atoms with Crippen LogP contribution in [0.5, 0.6) is 0 Å². The van der Waals surface area contributed by atoms with E-state index in [-0.39, 0.29) is 5.91 Å². The monoisotopic (exact) mass is 293 g/mol. The van der Waals surface area contributed by atoms with Gasteiger partial charge in [0.25, 0.3) is 0 Å². The summed E-state index contributed by atoms with van der Waals surface area (Å²) in [6.45, 7) is 2.39. The van der Waals surface area contributed by atoms with Crippen LogP contribution in [0, 0.1) is 0 Å². The molecule has 0 radical (unpaired) electrons. The molecule has 1 amide bonds. The summed E-state index contributed by atoms with van der Waals surface area (Å²) >= 11 is 1.45. The molecule has 2 rings (SSSR count). The largest absolute Gasteiger partial charge is 0.479 e. The number of carbonyl (C=O) groups is 2. The second kappa shape index (κ2) is 6.31. The normalized spacial score (nSPS) is 21.9. The maximum atomic E-state index is 12.3. The molecule has 1 fully saturated rings. The number of hydrogen-bond donors (Lipinski definition) is 1. The Balaban J connectivity index is 2.03. The molecule has 1 saturated heterocycles. The highest BCUT2D eigenvalue weighted by Gasteiger charge is 2.48. The lowest BCUT2D eigenvalue weighted by Crippen LogP contribution is -2.53. The molecule has 108 valence electrons. The van der Waals surface area contributed by atoms with Gasteiger partial charge in [-0.25, -0.2) is 4.79 Å². The van der Waals surface area contributed by atoms with E-state index in [4.69, 9.17) is 0 Å². The molecule has 0 aromatic heterocycles. The van der Waals surface area contributed by atoms with Crippen molar-refractivity contribution in [2.24, 2.45) is 0 Å². The van der Waals surface area contributed by atoms with Crippen LogP contribution in [0.3, 0.4) is 0 Å². The predicted octanol–water partition coefficient (Wildman–Crippen LogP) is 2.63. The van der Waals surface area contributed by atoms with E-state index in [0.717, 1.165) is 11.3 Å². The van der Waals surface area contributed by atoms with Crippen LogP contribution >= 0.6 is 11.8 Å². The summed E-state index contributed by atoms with van der Waals surface area (Å²) in [6, 6.07) is 9.68. The summed E-state index contributed by atoms with van der Waals surface area (Å²) < 4.78 is 0. The molecule has 1 aliphatic rings. The Morgan fingerprint density at radius 1 is 1.35 bits per heavy atom. The fourth-order valence-electron chi connectivity index (χ4n) is 2.72. The molecule has 1 unspecified atom stereocenters. The average molecular weight is 293 g/mol. The van der Waals surface area contributed by atoms with Crippen LogP contribution in [0.25, 0.3) is 0 Å².